The first-order chi connectivity index (χ1) is 20.6. The zero-order chi connectivity index (χ0) is 32.3. The molecule has 238 valence electrons. The van der Waals surface area contributed by atoms with Crippen LogP contribution in [-0.4, -0.2) is 94.6 Å². The number of aryl methyl sites for hydroxylation is 1. The Morgan fingerprint density at radius 1 is 1.16 bits per heavy atom. The summed E-state index contributed by atoms with van der Waals surface area (Å²) >= 11 is 0. The molecule has 44 heavy (non-hydrogen) atoms. The highest BCUT2D eigenvalue weighted by Gasteiger charge is 2.47. The summed E-state index contributed by atoms with van der Waals surface area (Å²) < 4.78 is 69.4. The number of hydrogen-bond acceptors (Lipinski definition) is 7. The summed E-state index contributed by atoms with van der Waals surface area (Å²) in [6, 6.07) is 10.1. The molecule has 4 rings (SSSR count). The second-order valence-electron chi connectivity index (χ2n) is 10.9. The van der Waals surface area contributed by atoms with E-state index in [1.807, 2.05) is 25.9 Å². The lowest BCUT2D eigenvalue weighted by Gasteiger charge is -2.34. The van der Waals surface area contributed by atoms with Gasteiger partial charge in [0.1, 0.15) is 17.1 Å². The number of benzene rings is 2. The number of likely N-dealkylation sites (N-methyl/N-ethyl adjacent to an activating group) is 1. The van der Waals surface area contributed by atoms with Crippen molar-refractivity contribution >= 4 is 39.6 Å². The number of piperidine rings is 1. The molecule has 15 heteroatoms. The minimum absolute atomic E-state index is 0.0275. The van der Waals surface area contributed by atoms with Crippen molar-refractivity contribution in [2.24, 2.45) is 4.99 Å². The van der Waals surface area contributed by atoms with Crippen molar-refractivity contribution in [1.29, 1.82) is 0 Å². The first-order valence-electron chi connectivity index (χ1n) is 13.8. The van der Waals surface area contributed by atoms with E-state index in [2.05, 4.69) is 20.4 Å². The van der Waals surface area contributed by atoms with Crippen LogP contribution in [0.1, 0.15) is 29.5 Å². The van der Waals surface area contributed by atoms with Gasteiger partial charge in [-0.05, 0) is 75.3 Å². The third-order valence-corrected chi connectivity index (χ3v) is 9.00. The number of anilines is 1. The van der Waals surface area contributed by atoms with Gasteiger partial charge in [-0.2, -0.15) is 4.31 Å². The Bertz CT molecular complexity index is 1570. The summed E-state index contributed by atoms with van der Waals surface area (Å²) in [6.07, 6.45) is -3.17. The predicted octanol–water partition coefficient (Wildman–Crippen LogP) is 3.31. The third-order valence-electron chi connectivity index (χ3n) is 7.43. The third kappa shape index (κ3) is 7.95. The molecule has 2 aromatic carbocycles. The summed E-state index contributed by atoms with van der Waals surface area (Å²) in [7, 11) is 1.65. The molecule has 2 N–H and O–H groups in total. The largest absolute Gasteiger partial charge is 0.573 e. The summed E-state index contributed by atoms with van der Waals surface area (Å²) in [6.45, 7) is 3.07. The highest BCUT2D eigenvalue weighted by atomic mass is 32.2. The maximum absolute atomic E-state index is 13.1. The number of carbonyl (C=O) groups is 2. The number of amides is 3. The van der Waals surface area contributed by atoms with E-state index in [0.717, 1.165) is 23.1 Å². The summed E-state index contributed by atoms with van der Waals surface area (Å²) in [5.41, 5.74) is 1.11. The molecule has 3 amide bonds. The number of sulfonamides is 1. The molecule has 0 aliphatic carbocycles. The van der Waals surface area contributed by atoms with Gasteiger partial charge >= 0.3 is 12.4 Å². The second-order valence-corrected chi connectivity index (χ2v) is 12.7. The zero-order valence-electron chi connectivity index (χ0n) is 24.8. The van der Waals surface area contributed by atoms with Gasteiger partial charge in [0.05, 0.1) is 0 Å². The van der Waals surface area contributed by atoms with E-state index in [1.165, 1.54) is 27.4 Å². The van der Waals surface area contributed by atoms with Gasteiger partial charge in [0, 0.05) is 49.9 Å². The molecule has 0 saturated carbocycles. The molecule has 0 atom stereocenters. The summed E-state index contributed by atoms with van der Waals surface area (Å²) in [5.74, 6) is -0.776. The summed E-state index contributed by atoms with van der Waals surface area (Å²) in [5, 5.41) is 6.57. The van der Waals surface area contributed by atoms with Gasteiger partial charge in [0.25, 0.3) is 5.91 Å². The zero-order valence-corrected chi connectivity index (χ0v) is 25.6. The monoisotopic (exact) mass is 636 g/mol. The van der Waals surface area contributed by atoms with Crippen LogP contribution in [0.5, 0.6) is 5.75 Å². The van der Waals surface area contributed by atoms with Gasteiger partial charge in [0.15, 0.2) is 0 Å². The molecule has 0 radical (unpaired) electrons. The molecule has 11 nitrogen and oxygen atoms in total. The normalized spacial score (nSPS) is 17.2. The first kappa shape index (κ1) is 33.0. The molecule has 2 aromatic rings. The number of urea groups is 1. The number of alkyl halides is 3. The number of hydrogen-bond donors (Lipinski definition) is 2. The smallest absolute Gasteiger partial charge is 0.406 e. The average molecular weight is 637 g/mol. The highest BCUT2D eigenvalue weighted by molar-refractivity contribution is 7.92. The number of rotatable bonds is 9. The minimum Gasteiger partial charge on any atom is -0.406 e. The Hall–Kier alpha value is -3.95. The molecule has 2 aliphatic heterocycles. The first-order valence-corrected chi connectivity index (χ1v) is 15.3. The Morgan fingerprint density at radius 2 is 1.86 bits per heavy atom. The SMILES string of the molecule is Cc1cc(N(C)C(=O)NCCN(C)C)ccc1C=CS(=O)(=O)N1CCC2(CC1)N=C(c1cccc(OC(F)(F)F)c1)NC2=O. The van der Waals surface area contributed by atoms with Gasteiger partial charge < -0.3 is 20.3 Å². The molecule has 0 bridgehead atoms. The van der Waals surface area contributed by atoms with Crippen LogP contribution in [0.25, 0.3) is 6.08 Å². The number of nitrogens with zero attached hydrogens (tertiary/aromatic N) is 4. The topological polar surface area (TPSA) is 124 Å². The van der Waals surface area contributed by atoms with E-state index < -0.39 is 33.6 Å². The van der Waals surface area contributed by atoms with E-state index in [0.29, 0.717) is 24.3 Å². The molecule has 1 saturated heterocycles. The number of ether oxygens (including phenoxy) is 1. The predicted molar refractivity (Wildman–Crippen MR) is 161 cm³/mol. The Morgan fingerprint density at radius 3 is 2.50 bits per heavy atom. The second kappa shape index (κ2) is 13.0. The fourth-order valence-corrected chi connectivity index (χ4v) is 6.05. The van der Waals surface area contributed by atoms with E-state index in [-0.39, 0.29) is 43.4 Å². The van der Waals surface area contributed by atoms with Crippen molar-refractivity contribution in [2.45, 2.75) is 31.7 Å². The molecule has 0 unspecified atom stereocenters. The van der Waals surface area contributed by atoms with E-state index in [9.17, 15) is 31.2 Å². The lowest BCUT2D eigenvalue weighted by atomic mass is 9.89. The van der Waals surface area contributed by atoms with Crippen molar-refractivity contribution < 1.29 is 35.9 Å². The van der Waals surface area contributed by atoms with Crippen molar-refractivity contribution in [3.05, 3.63) is 64.6 Å². The molecule has 0 aromatic heterocycles. The van der Waals surface area contributed by atoms with E-state index in [1.54, 1.807) is 25.2 Å². The maximum atomic E-state index is 13.1. The van der Waals surface area contributed by atoms with Gasteiger partial charge in [0.2, 0.25) is 10.0 Å². The van der Waals surface area contributed by atoms with Gasteiger partial charge in [-0.1, -0.05) is 18.2 Å². The van der Waals surface area contributed by atoms with Gasteiger partial charge in [-0.15, -0.1) is 13.2 Å². The molecule has 1 spiro atoms. The van der Waals surface area contributed by atoms with Gasteiger partial charge in [-0.3, -0.25) is 14.7 Å². The summed E-state index contributed by atoms with van der Waals surface area (Å²) in [4.78, 5) is 33.3. The Kier molecular flexibility index (Phi) is 9.71. The lowest BCUT2D eigenvalue weighted by molar-refractivity contribution is -0.274. The van der Waals surface area contributed by atoms with Crippen LogP contribution in [0, 0.1) is 6.92 Å². The Balaban J connectivity index is 1.39. The van der Waals surface area contributed by atoms with E-state index >= 15 is 0 Å². The molecule has 2 heterocycles. The Labute approximate surface area is 254 Å². The van der Waals surface area contributed by atoms with Crippen molar-refractivity contribution in [3.8, 4) is 5.75 Å². The van der Waals surface area contributed by atoms with Crippen LogP contribution >= 0.6 is 0 Å². The molecular formula is C29H35F3N6O5S. The fourth-order valence-electron chi connectivity index (χ4n) is 4.87. The van der Waals surface area contributed by atoms with Crippen LogP contribution < -0.4 is 20.3 Å². The van der Waals surface area contributed by atoms with Crippen molar-refractivity contribution in [3.63, 3.8) is 0 Å². The lowest BCUT2D eigenvalue weighted by Crippen LogP contribution is -2.50. The number of aliphatic imine (C=N–C) groups is 1. The van der Waals surface area contributed by atoms with Crippen LogP contribution in [0.2, 0.25) is 0 Å². The standard InChI is InChI=1S/C29H35F3N6O5S/c1-20-18-23(37(4)27(40)33-13-16-36(2)3)9-8-21(20)10-17-44(41,42)38-14-11-28(12-15-38)26(39)34-25(35-28)22-6-5-7-24(19-22)43-29(30,31)32/h5-10,17-19H,11-16H2,1-4H3,(H,33,40)(H,34,35,39). The fraction of sp³-hybridized carbons (Fsp3) is 0.414. The maximum Gasteiger partial charge on any atom is 0.573 e. The average Bonchev–Trinajstić information content (AvgIpc) is 3.26. The number of nitrogens with one attached hydrogen (secondary N) is 2. The van der Waals surface area contributed by atoms with Crippen molar-refractivity contribution in [1.82, 2.24) is 19.8 Å². The minimum atomic E-state index is -4.87. The van der Waals surface area contributed by atoms with Crippen molar-refractivity contribution in [2.75, 3.05) is 52.2 Å². The number of carbonyl (C=O) groups excluding carboxylic acids is 2. The van der Waals surface area contributed by atoms with Crippen LogP contribution in [0.3, 0.4) is 0 Å². The van der Waals surface area contributed by atoms with Gasteiger partial charge in [-0.25, -0.2) is 13.2 Å². The van der Waals surface area contributed by atoms with Crippen LogP contribution in [-0.2, 0) is 14.8 Å². The molecule has 2 aliphatic rings. The molecular weight excluding hydrogens is 601 g/mol. The highest BCUT2D eigenvalue weighted by Crippen LogP contribution is 2.33. The number of halogens is 3. The van der Waals surface area contributed by atoms with E-state index in [4.69, 9.17) is 0 Å². The number of amidine groups is 1. The van der Waals surface area contributed by atoms with Crippen LogP contribution in [0.15, 0.2) is 52.9 Å². The van der Waals surface area contributed by atoms with Crippen LogP contribution in [0.4, 0.5) is 23.7 Å². The molecule has 1 fully saturated rings. The quantitative estimate of drug-likeness (QED) is 0.436.